The van der Waals surface area contributed by atoms with Crippen LogP contribution in [-0.2, 0) is 6.42 Å². The number of aryl methyl sites for hydroxylation is 1. The van der Waals surface area contributed by atoms with Gasteiger partial charge in [0.05, 0.1) is 5.69 Å². The summed E-state index contributed by atoms with van der Waals surface area (Å²) in [6, 6.07) is 9.41. The first-order chi connectivity index (χ1) is 14.0. The molecule has 0 aliphatic carbocycles. The zero-order valence-corrected chi connectivity index (χ0v) is 16.5. The van der Waals surface area contributed by atoms with Crippen molar-refractivity contribution >= 4 is 11.9 Å². The van der Waals surface area contributed by atoms with Crippen LogP contribution in [0.3, 0.4) is 0 Å². The number of unbranched alkanes of at least 4 members (excludes halogenated alkanes) is 4. The van der Waals surface area contributed by atoms with E-state index in [0.29, 0.717) is 17.9 Å². The van der Waals surface area contributed by atoms with E-state index in [0.717, 1.165) is 31.2 Å². The summed E-state index contributed by atoms with van der Waals surface area (Å²) in [6.07, 6.45) is 4.28. The average molecular weight is 397 g/mol. The smallest absolute Gasteiger partial charge is 0.242 e. The predicted molar refractivity (Wildman–Crippen MR) is 111 cm³/mol. The van der Waals surface area contributed by atoms with E-state index in [1.165, 1.54) is 11.0 Å². The Morgan fingerprint density at radius 2 is 1.55 bits per heavy atom. The van der Waals surface area contributed by atoms with Gasteiger partial charge in [0.15, 0.2) is 6.29 Å². The van der Waals surface area contributed by atoms with Gasteiger partial charge in [-0.1, -0.05) is 62.9 Å². The molecule has 0 radical (unpaired) electrons. The Labute approximate surface area is 169 Å². The molecule has 1 aromatic carbocycles. The van der Waals surface area contributed by atoms with Gasteiger partial charge in [-0.3, -0.25) is 4.57 Å². The second-order valence-electron chi connectivity index (χ2n) is 6.86. The molecule has 0 fully saturated rings. The fraction of sp³-hybridized carbons (Fsp3) is 0.400. The number of hydrogen-bond acceptors (Lipinski definition) is 8. The van der Waals surface area contributed by atoms with E-state index in [4.69, 9.17) is 16.5 Å². The SMILES string of the molecule is CCCCCCCc1nc(-c2ccccc2)n(-c2nc(N)nc(N)n2)c1C(O)O. The maximum atomic E-state index is 10.1. The number of aliphatic hydroxyl groups is 2. The van der Waals surface area contributed by atoms with Crippen molar-refractivity contribution in [1.82, 2.24) is 24.5 Å². The summed E-state index contributed by atoms with van der Waals surface area (Å²) in [7, 11) is 0. The first-order valence-corrected chi connectivity index (χ1v) is 9.81. The highest BCUT2D eigenvalue weighted by atomic mass is 16.5. The minimum absolute atomic E-state index is 0.0558. The summed E-state index contributed by atoms with van der Waals surface area (Å²) in [5, 5.41) is 20.3. The van der Waals surface area contributed by atoms with Crippen LogP contribution in [0.5, 0.6) is 0 Å². The molecule has 0 aliphatic heterocycles. The van der Waals surface area contributed by atoms with E-state index in [2.05, 4.69) is 21.9 Å². The van der Waals surface area contributed by atoms with Gasteiger partial charge in [0, 0.05) is 5.56 Å². The highest BCUT2D eigenvalue weighted by molar-refractivity contribution is 5.59. The van der Waals surface area contributed by atoms with E-state index in [9.17, 15) is 10.2 Å². The van der Waals surface area contributed by atoms with Crippen molar-refractivity contribution in [3.05, 3.63) is 41.7 Å². The van der Waals surface area contributed by atoms with Crippen LogP contribution in [0.15, 0.2) is 30.3 Å². The number of rotatable bonds is 9. The Morgan fingerprint density at radius 3 is 2.17 bits per heavy atom. The molecule has 0 bridgehead atoms. The van der Waals surface area contributed by atoms with E-state index in [1.54, 1.807) is 0 Å². The highest BCUT2D eigenvalue weighted by Gasteiger charge is 2.25. The zero-order valence-electron chi connectivity index (χ0n) is 16.5. The first kappa shape index (κ1) is 20.7. The molecular weight excluding hydrogens is 370 g/mol. The van der Waals surface area contributed by atoms with Gasteiger partial charge in [-0.2, -0.15) is 15.0 Å². The van der Waals surface area contributed by atoms with Crippen LogP contribution in [0.4, 0.5) is 11.9 Å². The monoisotopic (exact) mass is 397 g/mol. The second kappa shape index (κ2) is 9.44. The quantitative estimate of drug-likeness (QED) is 0.317. The maximum absolute atomic E-state index is 10.1. The lowest BCUT2D eigenvalue weighted by atomic mass is 10.1. The Bertz CT molecular complexity index is 921. The van der Waals surface area contributed by atoms with Crippen LogP contribution >= 0.6 is 0 Å². The van der Waals surface area contributed by atoms with Gasteiger partial charge in [0.1, 0.15) is 11.5 Å². The molecule has 3 aromatic rings. The van der Waals surface area contributed by atoms with Crippen molar-refractivity contribution < 1.29 is 10.2 Å². The van der Waals surface area contributed by atoms with Gasteiger partial charge in [-0.25, -0.2) is 4.98 Å². The molecule has 0 atom stereocenters. The minimum atomic E-state index is -1.76. The third-order valence-corrected chi connectivity index (χ3v) is 4.64. The number of nitrogens with zero attached hydrogens (tertiary/aromatic N) is 5. The third kappa shape index (κ3) is 4.87. The molecule has 9 nitrogen and oxygen atoms in total. The molecule has 0 unspecified atom stereocenters. The maximum Gasteiger partial charge on any atom is 0.242 e. The number of aliphatic hydroxyl groups excluding tert-OH is 1. The van der Waals surface area contributed by atoms with Crippen molar-refractivity contribution in [3.63, 3.8) is 0 Å². The largest absolute Gasteiger partial charge is 0.368 e. The third-order valence-electron chi connectivity index (χ3n) is 4.64. The van der Waals surface area contributed by atoms with Crippen molar-refractivity contribution in [3.8, 4) is 17.3 Å². The predicted octanol–water partition coefficient (Wildman–Crippen LogP) is 2.38. The Balaban J connectivity index is 2.10. The van der Waals surface area contributed by atoms with Crippen molar-refractivity contribution in [2.45, 2.75) is 51.7 Å². The topological polar surface area (TPSA) is 149 Å². The second-order valence-corrected chi connectivity index (χ2v) is 6.86. The Morgan fingerprint density at radius 1 is 0.897 bits per heavy atom. The average Bonchev–Trinajstić information content (AvgIpc) is 3.07. The number of nitrogens with two attached hydrogens (primary N) is 2. The number of hydrogen-bond donors (Lipinski definition) is 4. The molecule has 0 saturated carbocycles. The normalized spacial score (nSPS) is 11.3. The van der Waals surface area contributed by atoms with E-state index in [1.807, 2.05) is 30.3 Å². The summed E-state index contributed by atoms with van der Waals surface area (Å²) >= 11 is 0. The zero-order chi connectivity index (χ0) is 20.8. The number of nitrogen functional groups attached to an aromatic ring is 2. The van der Waals surface area contributed by atoms with Crippen molar-refractivity contribution in [2.24, 2.45) is 0 Å². The van der Waals surface area contributed by atoms with Gasteiger partial charge in [-0.05, 0) is 12.8 Å². The molecule has 29 heavy (non-hydrogen) atoms. The molecule has 3 rings (SSSR count). The number of aromatic nitrogens is 5. The summed E-state index contributed by atoms with van der Waals surface area (Å²) in [5.41, 5.74) is 13.1. The lowest BCUT2D eigenvalue weighted by Gasteiger charge is -2.13. The molecule has 154 valence electrons. The van der Waals surface area contributed by atoms with Crippen LogP contribution in [-0.4, -0.2) is 34.7 Å². The van der Waals surface area contributed by atoms with Gasteiger partial charge in [-0.15, -0.1) is 0 Å². The summed E-state index contributed by atoms with van der Waals surface area (Å²) in [5.74, 6) is 0.475. The van der Waals surface area contributed by atoms with Gasteiger partial charge in [0.25, 0.3) is 0 Å². The Kier molecular flexibility index (Phi) is 6.73. The van der Waals surface area contributed by atoms with Crippen LogP contribution < -0.4 is 11.5 Å². The van der Waals surface area contributed by atoms with Crippen LogP contribution in [0.25, 0.3) is 17.3 Å². The molecule has 9 heteroatoms. The van der Waals surface area contributed by atoms with Crippen LogP contribution in [0, 0.1) is 0 Å². The Hall–Kier alpha value is -3.04. The number of imidazole rings is 1. The standard InChI is InChI=1S/C20H27N7O2/c1-2-3-4-5-9-12-14-15(17(28)29)27(20-25-18(21)24-19(22)26-20)16(23-14)13-10-7-6-8-11-13/h6-8,10-11,17,28-29H,2-5,9,12H2,1H3,(H4,21,22,24,25,26). The van der Waals surface area contributed by atoms with Gasteiger partial charge >= 0.3 is 0 Å². The highest BCUT2D eigenvalue weighted by Crippen LogP contribution is 2.29. The number of anilines is 2. The lowest BCUT2D eigenvalue weighted by molar-refractivity contribution is -0.0477. The van der Waals surface area contributed by atoms with Crippen molar-refractivity contribution in [2.75, 3.05) is 11.5 Å². The van der Waals surface area contributed by atoms with E-state index < -0.39 is 6.29 Å². The molecule has 2 heterocycles. The molecule has 2 aromatic heterocycles. The number of benzene rings is 1. The molecule has 0 spiro atoms. The molecular formula is C20H27N7O2. The van der Waals surface area contributed by atoms with Gasteiger partial charge in [0.2, 0.25) is 17.8 Å². The van der Waals surface area contributed by atoms with Gasteiger partial charge < -0.3 is 21.7 Å². The summed E-state index contributed by atoms with van der Waals surface area (Å²) < 4.78 is 1.50. The molecule has 0 amide bonds. The fourth-order valence-corrected chi connectivity index (χ4v) is 3.30. The summed E-state index contributed by atoms with van der Waals surface area (Å²) in [6.45, 7) is 2.17. The van der Waals surface area contributed by atoms with Crippen LogP contribution in [0.1, 0.15) is 56.7 Å². The molecule has 0 saturated heterocycles. The first-order valence-electron chi connectivity index (χ1n) is 9.81. The van der Waals surface area contributed by atoms with E-state index in [-0.39, 0.29) is 23.5 Å². The summed E-state index contributed by atoms with van der Waals surface area (Å²) in [4.78, 5) is 16.8. The molecule has 0 aliphatic rings. The fourth-order valence-electron chi connectivity index (χ4n) is 3.30. The van der Waals surface area contributed by atoms with Crippen molar-refractivity contribution in [1.29, 1.82) is 0 Å². The van der Waals surface area contributed by atoms with E-state index >= 15 is 0 Å². The lowest BCUT2D eigenvalue weighted by Crippen LogP contribution is -2.14. The molecule has 6 N–H and O–H groups in total. The minimum Gasteiger partial charge on any atom is -0.368 e. The van der Waals surface area contributed by atoms with Crippen LogP contribution in [0.2, 0.25) is 0 Å².